The Bertz CT molecular complexity index is 678. The van der Waals surface area contributed by atoms with Gasteiger partial charge in [0.25, 0.3) is 0 Å². The molecule has 3 rings (SSSR count). The first kappa shape index (κ1) is 12.0. The second-order valence-electron chi connectivity index (χ2n) is 4.51. The lowest BCUT2D eigenvalue weighted by Crippen LogP contribution is -2.14. The van der Waals surface area contributed by atoms with Crippen molar-refractivity contribution in [1.82, 2.24) is 4.98 Å². The van der Waals surface area contributed by atoms with Crippen LogP contribution in [0, 0.1) is 0 Å². The molecule has 1 heterocycles. The minimum atomic E-state index is 0.0997. The highest BCUT2D eigenvalue weighted by Crippen LogP contribution is 2.24. The van der Waals surface area contributed by atoms with Crippen molar-refractivity contribution < 1.29 is 0 Å². The van der Waals surface area contributed by atoms with E-state index in [0.717, 1.165) is 35.5 Å². The molecule has 1 N–H and O–H groups in total. The maximum absolute atomic E-state index is 12.1. The van der Waals surface area contributed by atoms with Crippen molar-refractivity contribution in [3.63, 3.8) is 0 Å². The smallest absolute Gasteiger partial charge is 0.199 e. The molecule has 1 aromatic carbocycles. The lowest BCUT2D eigenvalue weighted by Gasteiger charge is -2.06. The van der Waals surface area contributed by atoms with Crippen molar-refractivity contribution in [1.29, 1.82) is 0 Å². The Morgan fingerprint density at radius 3 is 2.89 bits per heavy atom. The third-order valence-corrected chi connectivity index (χ3v) is 4.23. The molecule has 0 saturated carbocycles. The molecule has 2 nitrogen and oxygen atoms in total. The second-order valence-corrected chi connectivity index (χ2v) is 5.80. The molecule has 18 heavy (non-hydrogen) atoms. The summed E-state index contributed by atoms with van der Waals surface area (Å²) in [6.07, 6.45) is 4.12. The van der Waals surface area contributed by atoms with E-state index in [2.05, 4.69) is 20.9 Å². The van der Waals surface area contributed by atoms with Gasteiger partial charge >= 0.3 is 0 Å². The number of benzene rings is 1. The average molecular weight is 325 g/mol. The fraction of sp³-hybridized carbons (Fsp3) is 0.214. The van der Waals surface area contributed by atoms with Crippen LogP contribution < -0.4 is 5.43 Å². The van der Waals surface area contributed by atoms with Gasteiger partial charge in [0.1, 0.15) is 0 Å². The molecule has 92 valence electrons. The largest absolute Gasteiger partial charge is 0.363 e. The van der Waals surface area contributed by atoms with Gasteiger partial charge in [0.15, 0.2) is 5.43 Å². The maximum atomic E-state index is 12.1. The minimum Gasteiger partial charge on any atom is -0.363 e. The van der Waals surface area contributed by atoms with Crippen LogP contribution in [0.2, 0.25) is 5.02 Å². The number of hydrogen-bond acceptors (Lipinski definition) is 1. The first-order chi connectivity index (χ1) is 8.65. The van der Waals surface area contributed by atoms with Gasteiger partial charge in [-0.05, 0) is 52.0 Å². The number of pyridine rings is 1. The van der Waals surface area contributed by atoms with Crippen molar-refractivity contribution in [3.05, 3.63) is 66.5 Å². The van der Waals surface area contributed by atoms with Crippen LogP contribution in [0.25, 0.3) is 0 Å². The van der Waals surface area contributed by atoms with E-state index in [9.17, 15) is 4.79 Å². The van der Waals surface area contributed by atoms with Crippen molar-refractivity contribution in [3.8, 4) is 0 Å². The van der Waals surface area contributed by atoms with Gasteiger partial charge < -0.3 is 4.98 Å². The second kappa shape index (κ2) is 4.56. The first-order valence-electron chi connectivity index (χ1n) is 5.81. The van der Waals surface area contributed by atoms with Crippen molar-refractivity contribution >= 4 is 27.5 Å². The van der Waals surface area contributed by atoms with Crippen LogP contribution in [0.1, 0.15) is 22.4 Å². The molecule has 1 aromatic heterocycles. The van der Waals surface area contributed by atoms with Crippen LogP contribution in [-0.4, -0.2) is 4.98 Å². The standard InChI is InChI=1S/C14H11BrClNO/c15-12-7-17-13-6-9-1-3-10(16)5-8(9)2-4-11(13)14(12)18/h1,3,5,7H,2,4,6H2,(H,17,18). The van der Waals surface area contributed by atoms with Crippen molar-refractivity contribution in [2.24, 2.45) is 0 Å². The van der Waals surface area contributed by atoms with Gasteiger partial charge in [-0.2, -0.15) is 0 Å². The van der Waals surface area contributed by atoms with Gasteiger partial charge in [-0.25, -0.2) is 0 Å². The minimum absolute atomic E-state index is 0.0997. The molecule has 1 aliphatic carbocycles. The monoisotopic (exact) mass is 323 g/mol. The summed E-state index contributed by atoms with van der Waals surface area (Å²) in [4.78, 5) is 15.3. The van der Waals surface area contributed by atoms with Gasteiger partial charge in [0.05, 0.1) is 4.47 Å². The van der Waals surface area contributed by atoms with Crippen LogP contribution in [0.3, 0.4) is 0 Å². The summed E-state index contributed by atoms with van der Waals surface area (Å²) in [6.45, 7) is 0. The quantitative estimate of drug-likeness (QED) is 0.790. The number of rotatable bonds is 0. The Labute approximate surface area is 118 Å². The van der Waals surface area contributed by atoms with Crippen LogP contribution in [0.4, 0.5) is 0 Å². The topological polar surface area (TPSA) is 32.9 Å². The fourth-order valence-electron chi connectivity index (χ4n) is 2.46. The van der Waals surface area contributed by atoms with Crippen molar-refractivity contribution in [2.75, 3.05) is 0 Å². The third kappa shape index (κ3) is 2.02. The molecular formula is C14H11BrClNO. The van der Waals surface area contributed by atoms with E-state index in [-0.39, 0.29) is 5.43 Å². The highest BCUT2D eigenvalue weighted by molar-refractivity contribution is 9.10. The number of aryl methyl sites for hydroxylation is 1. The zero-order chi connectivity index (χ0) is 12.7. The van der Waals surface area contributed by atoms with E-state index in [1.54, 1.807) is 6.20 Å². The molecule has 0 aliphatic heterocycles. The summed E-state index contributed by atoms with van der Waals surface area (Å²) < 4.78 is 0.602. The van der Waals surface area contributed by atoms with Crippen molar-refractivity contribution in [2.45, 2.75) is 19.3 Å². The lowest BCUT2D eigenvalue weighted by molar-refractivity contribution is 0.936. The van der Waals surface area contributed by atoms with Crippen LogP contribution in [-0.2, 0) is 19.3 Å². The molecule has 0 fully saturated rings. The van der Waals surface area contributed by atoms with Crippen LogP contribution in [0.15, 0.2) is 33.7 Å². The number of nitrogens with one attached hydrogen (secondary N) is 1. The SMILES string of the molecule is O=c1c(Br)c[nH]c2c1CCc1cc(Cl)ccc1C2. The number of fused-ring (bicyclic) bond motifs is 2. The van der Waals surface area contributed by atoms with E-state index >= 15 is 0 Å². The Hall–Kier alpha value is -1.06. The molecule has 0 radical (unpaired) electrons. The van der Waals surface area contributed by atoms with Gasteiger partial charge in [0.2, 0.25) is 0 Å². The van der Waals surface area contributed by atoms with Gasteiger partial charge in [-0.3, -0.25) is 4.79 Å². The Kier molecular flexibility index (Phi) is 3.04. The molecule has 0 atom stereocenters. The van der Waals surface area contributed by atoms with E-state index in [1.807, 2.05) is 18.2 Å². The van der Waals surface area contributed by atoms with E-state index in [1.165, 1.54) is 11.1 Å². The zero-order valence-electron chi connectivity index (χ0n) is 9.59. The number of H-pyrrole nitrogens is 1. The van der Waals surface area contributed by atoms with Gasteiger partial charge in [0, 0.05) is 28.9 Å². The summed E-state index contributed by atoms with van der Waals surface area (Å²) in [5.74, 6) is 0. The molecular weight excluding hydrogens is 314 g/mol. The summed E-state index contributed by atoms with van der Waals surface area (Å²) in [5, 5.41) is 0.757. The van der Waals surface area contributed by atoms with E-state index in [0.29, 0.717) is 4.47 Å². The summed E-state index contributed by atoms with van der Waals surface area (Å²) in [6, 6.07) is 5.96. The Morgan fingerprint density at radius 1 is 1.22 bits per heavy atom. The maximum Gasteiger partial charge on any atom is 0.199 e. The molecule has 0 saturated heterocycles. The number of aromatic nitrogens is 1. The number of halogens is 2. The molecule has 4 heteroatoms. The van der Waals surface area contributed by atoms with E-state index in [4.69, 9.17) is 11.6 Å². The Morgan fingerprint density at radius 2 is 2.06 bits per heavy atom. The molecule has 0 amide bonds. The first-order valence-corrected chi connectivity index (χ1v) is 6.98. The predicted octanol–water partition coefficient (Wildman–Crippen LogP) is 3.48. The predicted molar refractivity (Wildman–Crippen MR) is 76.4 cm³/mol. The lowest BCUT2D eigenvalue weighted by atomic mass is 10.0. The number of aromatic amines is 1. The summed E-state index contributed by atoms with van der Waals surface area (Å²) >= 11 is 9.30. The fourth-order valence-corrected chi connectivity index (χ4v) is 3.00. The van der Waals surface area contributed by atoms with Gasteiger partial charge in [-0.1, -0.05) is 17.7 Å². The van der Waals surface area contributed by atoms with E-state index < -0.39 is 0 Å². The summed E-state index contributed by atoms with van der Waals surface area (Å²) in [7, 11) is 0. The average Bonchev–Trinajstić information content (AvgIpc) is 2.53. The zero-order valence-corrected chi connectivity index (χ0v) is 11.9. The van der Waals surface area contributed by atoms with Crippen LogP contribution in [0.5, 0.6) is 0 Å². The van der Waals surface area contributed by atoms with Gasteiger partial charge in [-0.15, -0.1) is 0 Å². The number of hydrogen-bond donors (Lipinski definition) is 1. The molecule has 0 unspecified atom stereocenters. The highest BCUT2D eigenvalue weighted by atomic mass is 79.9. The Balaban J connectivity index is 2.14. The molecule has 1 aliphatic rings. The van der Waals surface area contributed by atoms with Crippen LogP contribution >= 0.6 is 27.5 Å². The molecule has 0 bridgehead atoms. The normalized spacial score (nSPS) is 13.7. The summed E-state index contributed by atoms with van der Waals surface area (Å²) in [5.41, 5.74) is 4.49. The third-order valence-electron chi connectivity index (χ3n) is 3.41. The molecule has 2 aromatic rings. The molecule has 0 spiro atoms. The highest BCUT2D eigenvalue weighted by Gasteiger charge is 2.17.